The van der Waals surface area contributed by atoms with Crippen molar-refractivity contribution in [3.8, 4) is 5.75 Å². The van der Waals surface area contributed by atoms with Crippen LogP contribution in [0.4, 0.5) is 0 Å². The lowest BCUT2D eigenvalue weighted by atomic mass is 9.84. The number of rotatable bonds is 9. The van der Waals surface area contributed by atoms with E-state index in [1.807, 2.05) is 12.1 Å². The van der Waals surface area contributed by atoms with Crippen LogP contribution in [0, 0.1) is 0 Å². The molecular weight excluding hydrogens is 276 g/mol. The highest BCUT2D eigenvalue weighted by atomic mass is 16.5. The van der Waals surface area contributed by atoms with Gasteiger partial charge in [0, 0.05) is 26.1 Å². The maximum Gasteiger partial charge on any atom is 0.236 e. The molecule has 0 saturated heterocycles. The molecule has 0 unspecified atom stereocenters. The number of likely N-dealkylation sites (N-methyl/N-ethyl adjacent to an activating group) is 1. The summed E-state index contributed by atoms with van der Waals surface area (Å²) in [5, 5.41) is 3.25. The Morgan fingerprint density at radius 1 is 1.32 bits per heavy atom. The van der Waals surface area contributed by atoms with Crippen molar-refractivity contribution in [2.75, 3.05) is 33.8 Å². The average molecular weight is 306 g/mol. The number of carbonyl (C=O) groups is 1. The SMILES string of the molecule is CCCCOc1cccc(C(C)(C)CNCC(=O)N(C)C)c1. The van der Waals surface area contributed by atoms with Crippen LogP contribution in [0.2, 0.25) is 0 Å². The van der Waals surface area contributed by atoms with Crippen LogP contribution >= 0.6 is 0 Å². The highest BCUT2D eigenvalue weighted by Gasteiger charge is 2.21. The van der Waals surface area contributed by atoms with Gasteiger partial charge in [0.1, 0.15) is 5.75 Å². The minimum Gasteiger partial charge on any atom is -0.494 e. The third-order valence-corrected chi connectivity index (χ3v) is 3.72. The Labute approximate surface area is 134 Å². The van der Waals surface area contributed by atoms with E-state index >= 15 is 0 Å². The van der Waals surface area contributed by atoms with Gasteiger partial charge in [-0.2, -0.15) is 0 Å². The molecule has 4 nitrogen and oxygen atoms in total. The number of amides is 1. The molecule has 1 amide bonds. The molecule has 1 N–H and O–H groups in total. The first kappa shape index (κ1) is 18.5. The van der Waals surface area contributed by atoms with Crippen molar-refractivity contribution in [3.63, 3.8) is 0 Å². The maximum absolute atomic E-state index is 11.6. The van der Waals surface area contributed by atoms with E-state index in [0.29, 0.717) is 6.54 Å². The zero-order chi connectivity index (χ0) is 16.6. The Bertz CT molecular complexity index is 470. The van der Waals surface area contributed by atoms with Crippen molar-refractivity contribution in [3.05, 3.63) is 29.8 Å². The quantitative estimate of drug-likeness (QED) is 0.713. The van der Waals surface area contributed by atoms with E-state index in [2.05, 4.69) is 38.2 Å². The molecular formula is C18H30N2O2. The Morgan fingerprint density at radius 2 is 2.05 bits per heavy atom. The summed E-state index contributed by atoms with van der Waals surface area (Å²) in [6, 6.07) is 8.24. The van der Waals surface area contributed by atoms with E-state index in [0.717, 1.165) is 31.7 Å². The molecule has 22 heavy (non-hydrogen) atoms. The third kappa shape index (κ3) is 6.06. The van der Waals surface area contributed by atoms with E-state index in [9.17, 15) is 4.79 Å². The molecule has 0 saturated carbocycles. The van der Waals surface area contributed by atoms with Crippen LogP contribution < -0.4 is 10.1 Å². The van der Waals surface area contributed by atoms with Gasteiger partial charge in [0.15, 0.2) is 0 Å². The summed E-state index contributed by atoms with van der Waals surface area (Å²) < 4.78 is 5.78. The fourth-order valence-electron chi connectivity index (χ4n) is 2.08. The van der Waals surface area contributed by atoms with Crippen LogP contribution in [0.25, 0.3) is 0 Å². The minimum atomic E-state index is -0.0588. The molecule has 0 atom stereocenters. The van der Waals surface area contributed by atoms with Gasteiger partial charge in [-0.3, -0.25) is 4.79 Å². The second-order valence-corrected chi connectivity index (χ2v) is 6.51. The van der Waals surface area contributed by atoms with Gasteiger partial charge in [-0.1, -0.05) is 39.3 Å². The van der Waals surface area contributed by atoms with Gasteiger partial charge in [0.05, 0.1) is 13.2 Å². The van der Waals surface area contributed by atoms with E-state index in [4.69, 9.17) is 4.74 Å². The average Bonchev–Trinajstić information content (AvgIpc) is 2.47. The molecule has 0 spiro atoms. The number of unbranched alkanes of at least 4 members (excludes halogenated alkanes) is 1. The van der Waals surface area contributed by atoms with Gasteiger partial charge in [0.25, 0.3) is 0 Å². The van der Waals surface area contributed by atoms with E-state index in [1.165, 1.54) is 5.56 Å². The van der Waals surface area contributed by atoms with Gasteiger partial charge in [-0.15, -0.1) is 0 Å². The summed E-state index contributed by atoms with van der Waals surface area (Å²) in [5.41, 5.74) is 1.16. The van der Waals surface area contributed by atoms with E-state index in [-0.39, 0.29) is 11.3 Å². The van der Waals surface area contributed by atoms with Crippen LogP contribution in [0.1, 0.15) is 39.2 Å². The Hall–Kier alpha value is -1.55. The van der Waals surface area contributed by atoms with Crippen molar-refractivity contribution in [2.24, 2.45) is 0 Å². The van der Waals surface area contributed by atoms with Gasteiger partial charge < -0.3 is 15.0 Å². The molecule has 4 heteroatoms. The largest absolute Gasteiger partial charge is 0.494 e. The zero-order valence-electron chi connectivity index (χ0n) is 14.6. The molecule has 0 radical (unpaired) electrons. The molecule has 0 fully saturated rings. The molecule has 0 aliphatic carbocycles. The molecule has 124 valence electrons. The lowest BCUT2D eigenvalue weighted by Gasteiger charge is -2.26. The minimum absolute atomic E-state index is 0.0588. The molecule has 0 heterocycles. The van der Waals surface area contributed by atoms with Gasteiger partial charge in [-0.05, 0) is 24.1 Å². The first-order valence-corrected chi connectivity index (χ1v) is 8.01. The lowest BCUT2D eigenvalue weighted by molar-refractivity contribution is -0.127. The number of hydrogen-bond acceptors (Lipinski definition) is 3. The van der Waals surface area contributed by atoms with Gasteiger partial charge in [0.2, 0.25) is 5.91 Å². The summed E-state index contributed by atoms with van der Waals surface area (Å²) in [5.74, 6) is 1.01. The number of hydrogen-bond donors (Lipinski definition) is 1. The van der Waals surface area contributed by atoms with E-state index in [1.54, 1.807) is 19.0 Å². The second-order valence-electron chi connectivity index (χ2n) is 6.51. The third-order valence-electron chi connectivity index (χ3n) is 3.72. The van der Waals surface area contributed by atoms with Gasteiger partial charge in [-0.25, -0.2) is 0 Å². The van der Waals surface area contributed by atoms with Crippen molar-refractivity contribution in [1.29, 1.82) is 0 Å². The second kappa shape index (κ2) is 8.79. The van der Waals surface area contributed by atoms with Crippen LogP contribution in [0.5, 0.6) is 5.75 Å². The standard InChI is InChI=1S/C18H30N2O2/c1-6-7-11-22-16-10-8-9-15(12-16)18(2,3)14-19-13-17(21)20(4)5/h8-10,12,19H,6-7,11,13-14H2,1-5H3. The van der Waals surface area contributed by atoms with Crippen LogP contribution in [0.3, 0.4) is 0 Å². The molecule has 0 aromatic heterocycles. The van der Waals surface area contributed by atoms with E-state index < -0.39 is 0 Å². The van der Waals surface area contributed by atoms with Crippen LogP contribution in [-0.4, -0.2) is 44.6 Å². The number of nitrogens with zero attached hydrogens (tertiary/aromatic N) is 1. The molecule has 1 rings (SSSR count). The van der Waals surface area contributed by atoms with Crippen molar-refractivity contribution < 1.29 is 9.53 Å². The van der Waals surface area contributed by atoms with Crippen molar-refractivity contribution in [1.82, 2.24) is 10.2 Å². The number of nitrogens with one attached hydrogen (secondary N) is 1. The van der Waals surface area contributed by atoms with Crippen molar-refractivity contribution in [2.45, 2.75) is 39.0 Å². The summed E-state index contributed by atoms with van der Waals surface area (Å²) in [4.78, 5) is 13.2. The van der Waals surface area contributed by atoms with Crippen LogP contribution in [-0.2, 0) is 10.2 Å². The molecule has 1 aromatic carbocycles. The highest BCUT2D eigenvalue weighted by Crippen LogP contribution is 2.26. The monoisotopic (exact) mass is 306 g/mol. The van der Waals surface area contributed by atoms with Crippen LogP contribution in [0.15, 0.2) is 24.3 Å². The molecule has 1 aromatic rings. The Kier molecular flexibility index (Phi) is 7.39. The maximum atomic E-state index is 11.6. The Morgan fingerprint density at radius 3 is 2.68 bits per heavy atom. The number of benzene rings is 1. The fraction of sp³-hybridized carbons (Fsp3) is 0.611. The Balaban J connectivity index is 2.60. The summed E-state index contributed by atoms with van der Waals surface area (Å²) in [6.45, 7) is 8.37. The normalized spacial score (nSPS) is 11.3. The lowest BCUT2D eigenvalue weighted by Crippen LogP contribution is -2.39. The number of ether oxygens (including phenoxy) is 1. The summed E-state index contributed by atoms with van der Waals surface area (Å²) >= 11 is 0. The first-order chi connectivity index (χ1) is 10.4. The van der Waals surface area contributed by atoms with Crippen molar-refractivity contribution >= 4 is 5.91 Å². The first-order valence-electron chi connectivity index (χ1n) is 8.01. The summed E-state index contributed by atoms with van der Waals surface area (Å²) in [6.07, 6.45) is 2.21. The predicted molar refractivity (Wildman–Crippen MR) is 91.4 cm³/mol. The topological polar surface area (TPSA) is 41.6 Å². The zero-order valence-corrected chi connectivity index (χ0v) is 14.6. The summed E-state index contributed by atoms with van der Waals surface area (Å²) in [7, 11) is 3.54. The predicted octanol–water partition coefficient (Wildman–Crippen LogP) is 2.82. The smallest absolute Gasteiger partial charge is 0.236 e. The molecule has 0 bridgehead atoms. The molecule has 0 aliphatic heterocycles. The number of carbonyl (C=O) groups excluding carboxylic acids is 1. The highest BCUT2D eigenvalue weighted by molar-refractivity contribution is 5.77. The molecule has 0 aliphatic rings. The fourth-order valence-corrected chi connectivity index (χ4v) is 2.08. The van der Waals surface area contributed by atoms with Gasteiger partial charge >= 0.3 is 0 Å².